The molecule has 1 heterocycles. The van der Waals surface area contributed by atoms with Gasteiger partial charge in [-0.2, -0.15) is 0 Å². The van der Waals surface area contributed by atoms with Gasteiger partial charge in [0.05, 0.1) is 12.1 Å². The van der Waals surface area contributed by atoms with E-state index < -0.39 is 17.2 Å². The van der Waals surface area contributed by atoms with Crippen LogP contribution in [0.25, 0.3) is 0 Å². The Balaban J connectivity index is 2.13. The number of carboxylic acids is 1. The van der Waals surface area contributed by atoms with Crippen molar-refractivity contribution in [3.63, 3.8) is 0 Å². The zero-order valence-corrected chi connectivity index (χ0v) is 18.1. The first kappa shape index (κ1) is 24.4. The van der Waals surface area contributed by atoms with Gasteiger partial charge in [-0.25, -0.2) is 0 Å². The quantitative estimate of drug-likeness (QED) is 0.354. The van der Waals surface area contributed by atoms with E-state index in [0.717, 1.165) is 44.9 Å². The molecule has 0 aromatic rings. The van der Waals surface area contributed by atoms with Crippen molar-refractivity contribution in [2.45, 2.75) is 122 Å². The van der Waals surface area contributed by atoms with Gasteiger partial charge < -0.3 is 9.84 Å². The Morgan fingerprint density at radius 1 is 1.00 bits per heavy atom. The lowest BCUT2D eigenvalue weighted by atomic mass is 9.88. The van der Waals surface area contributed by atoms with Gasteiger partial charge in [0, 0.05) is 12.3 Å². The summed E-state index contributed by atoms with van der Waals surface area (Å²) in [6.07, 6.45) is 13.5. The fraction of sp³-hybridized carbons (Fsp3) is 0.955. The smallest absolute Gasteiger partial charge is 0.303 e. The molecule has 2 unspecified atom stereocenters. The number of carboxylic acid groups (broad SMARTS) is 1. The summed E-state index contributed by atoms with van der Waals surface area (Å²) in [6.45, 7) is 8.75. The van der Waals surface area contributed by atoms with Gasteiger partial charge >= 0.3 is 5.97 Å². The molecule has 0 aromatic heterocycles. The van der Waals surface area contributed by atoms with Crippen molar-refractivity contribution in [1.82, 2.24) is 5.06 Å². The maximum atomic E-state index is 12.9. The predicted molar refractivity (Wildman–Crippen MR) is 108 cm³/mol. The molecule has 0 aromatic carbocycles. The Morgan fingerprint density at radius 3 is 1.89 bits per heavy atom. The van der Waals surface area contributed by atoms with Crippen molar-refractivity contribution in [3.05, 3.63) is 0 Å². The Kier molecular flexibility index (Phi) is 10.9. The zero-order valence-electron chi connectivity index (χ0n) is 18.1. The number of unbranched alkanes of at least 4 members (excludes halogenated alkanes) is 9. The molecule has 0 aliphatic carbocycles. The lowest BCUT2D eigenvalue weighted by Gasteiger charge is -2.39. The van der Waals surface area contributed by atoms with Gasteiger partial charge in [-0.3, -0.25) is 4.79 Å². The van der Waals surface area contributed by atoms with E-state index in [9.17, 15) is 10.0 Å². The van der Waals surface area contributed by atoms with Gasteiger partial charge in [0.2, 0.25) is 0 Å². The van der Waals surface area contributed by atoms with E-state index in [1.807, 2.05) is 13.8 Å². The molecule has 2 atom stereocenters. The van der Waals surface area contributed by atoms with Crippen LogP contribution in [0.2, 0.25) is 0 Å². The van der Waals surface area contributed by atoms with Gasteiger partial charge in [0.1, 0.15) is 5.72 Å². The SMILES string of the molecule is CCC(C)C1(CCCCCCCCCCCCC(=O)O)OCC(C)(C)N1[O]. The van der Waals surface area contributed by atoms with Gasteiger partial charge in [0.15, 0.2) is 0 Å². The molecule has 159 valence electrons. The van der Waals surface area contributed by atoms with Gasteiger partial charge in [-0.1, -0.05) is 65.2 Å². The van der Waals surface area contributed by atoms with Gasteiger partial charge in [0.25, 0.3) is 0 Å². The topological polar surface area (TPSA) is 69.7 Å². The number of nitrogens with zero attached hydrogens (tertiary/aromatic N) is 1. The third-order valence-corrected chi connectivity index (χ3v) is 6.13. The first-order valence-corrected chi connectivity index (χ1v) is 11.1. The lowest BCUT2D eigenvalue weighted by Crippen LogP contribution is -2.53. The molecule has 1 radical (unpaired) electrons. The average molecular weight is 385 g/mol. The highest BCUT2D eigenvalue weighted by Crippen LogP contribution is 2.43. The second-order valence-electron chi connectivity index (χ2n) is 8.98. The van der Waals surface area contributed by atoms with Crippen molar-refractivity contribution in [3.8, 4) is 0 Å². The molecule has 0 saturated carbocycles. The molecule has 0 bridgehead atoms. The van der Waals surface area contributed by atoms with E-state index in [0.29, 0.717) is 13.0 Å². The summed E-state index contributed by atoms with van der Waals surface area (Å²) in [5.41, 5.74) is -1.05. The molecule has 1 aliphatic rings. The lowest BCUT2D eigenvalue weighted by molar-refractivity contribution is -0.309. The highest BCUT2D eigenvalue weighted by Gasteiger charge is 2.54. The van der Waals surface area contributed by atoms with E-state index in [2.05, 4.69) is 13.8 Å². The highest BCUT2D eigenvalue weighted by atomic mass is 16.6. The third kappa shape index (κ3) is 7.71. The van der Waals surface area contributed by atoms with Crippen LogP contribution in [-0.2, 0) is 14.7 Å². The van der Waals surface area contributed by atoms with Crippen molar-refractivity contribution in [2.75, 3.05) is 6.61 Å². The summed E-state index contributed by atoms with van der Waals surface area (Å²) in [5, 5.41) is 22.7. The minimum atomic E-state index is -0.684. The predicted octanol–water partition coefficient (Wildman–Crippen LogP) is 5.95. The molecular formula is C22H42NO4. The molecule has 1 saturated heterocycles. The minimum absolute atomic E-state index is 0.248. The van der Waals surface area contributed by atoms with Crippen molar-refractivity contribution in [1.29, 1.82) is 0 Å². The maximum Gasteiger partial charge on any atom is 0.303 e. The fourth-order valence-corrected chi connectivity index (χ4v) is 4.08. The summed E-state index contributed by atoms with van der Waals surface area (Å²) in [7, 11) is 0. The Labute approximate surface area is 166 Å². The van der Waals surface area contributed by atoms with Crippen LogP contribution in [0.15, 0.2) is 0 Å². The summed E-state index contributed by atoms with van der Waals surface area (Å²) in [6, 6.07) is 0. The minimum Gasteiger partial charge on any atom is -0.481 e. The van der Waals surface area contributed by atoms with Crippen LogP contribution in [0.5, 0.6) is 0 Å². The van der Waals surface area contributed by atoms with E-state index in [1.54, 1.807) is 0 Å². The molecule has 1 rings (SSSR count). The number of ether oxygens (including phenoxy) is 1. The molecule has 5 heteroatoms. The first-order chi connectivity index (χ1) is 12.8. The Morgan fingerprint density at radius 2 is 1.48 bits per heavy atom. The molecule has 27 heavy (non-hydrogen) atoms. The van der Waals surface area contributed by atoms with Crippen LogP contribution in [-0.4, -0.2) is 34.0 Å². The van der Waals surface area contributed by atoms with Crippen LogP contribution >= 0.6 is 0 Å². The molecule has 1 aliphatic heterocycles. The Bertz CT molecular complexity index is 427. The average Bonchev–Trinajstić information content (AvgIpc) is 2.86. The van der Waals surface area contributed by atoms with E-state index in [-0.39, 0.29) is 5.92 Å². The normalized spacial score (nSPS) is 23.6. The largest absolute Gasteiger partial charge is 0.481 e. The van der Waals surface area contributed by atoms with Crippen molar-refractivity contribution >= 4 is 5.97 Å². The molecule has 0 spiro atoms. The number of hydroxylamine groups is 2. The Hall–Kier alpha value is -0.650. The summed E-state index contributed by atoms with van der Waals surface area (Å²) >= 11 is 0. The van der Waals surface area contributed by atoms with Crippen LogP contribution in [0.1, 0.15) is 111 Å². The van der Waals surface area contributed by atoms with Crippen LogP contribution in [0.3, 0.4) is 0 Å². The summed E-state index contributed by atoms with van der Waals surface area (Å²) < 4.78 is 6.10. The van der Waals surface area contributed by atoms with Gasteiger partial charge in [-0.05, 0) is 39.5 Å². The second kappa shape index (κ2) is 12.0. The zero-order chi connectivity index (χ0) is 20.3. The molecule has 0 amide bonds. The van der Waals surface area contributed by atoms with Gasteiger partial charge in [-0.15, -0.1) is 10.3 Å². The number of aliphatic carboxylic acids is 1. The standard InChI is InChI=1S/C22H42NO4/c1-5-19(2)22(23(26)21(3,4)18-27-22)17-15-13-11-9-7-6-8-10-12-14-16-20(24)25/h19H,5-18H2,1-4H3,(H,24,25). The second-order valence-corrected chi connectivity index (χ2v) is 8.98. The number of carbonyl (C=O) groups is 1. The number of hydrogen-bond donors (Lipinski definition) is 1. The third-order valence-electron chi connectivity index (χ3n) is 6.13. The molecule has 5 nitrogen and oxygen atoms in total. The molecule has 1 fully saturated rings. The summed E-state index contributed by atoms with van der Waals surface area (Å²) in [5.74, 6) is -0.435. The number of hydrogen-bond acceptors (Lipinski definition) is 3. The highest BCUT2D eigenvalue weighted by molar-refractivity contribution is 5.66. The van der Waals surface area contributed by atoms with Crippen molar-refractivity contribution < 1.29 is 19.8 Å². The molecular weight excluding hydrogens is 342 g/mol. The maximum absolute atomic E-state index is 12.9. The van der Waals surface area contributed by atoms with E-state index >= 15 is 0 Å². The van der Waals surface area contributed by atoms with E-state index in [1.165, 1.54) is 37.2 Å². The molecule has 1 N–H and O–H groups in total. The van der Waals surface area contributed by atoms with Crippen molar-refractivity contribution in [2.24, 2.45) is 5.92 Å². The summed E-state index contributed by atoms with van der Waals surface area (Å²) in [4.78, 5) is 10.4. The number of rotatable bonds is 15. The monoisotopic (exact) mass is 384 g/mol. The fourth-order valence-electron chi connectivity index (χ4n) is 4.08. The van der Waals surface area contributed by atoms with Crippen LogP contribution in [0, 0.1) is 5.92 Å². The van der Waals surface area contributed by atoms with Crippen LogP contribution < -0.4 is 0 Å². The van der Waals surface area contributed by atoms with Crippen LogP contribution in [0.4, 0.5) is 0 Å². The first-order valence-electron chi connectivity index (χ1n) is 11.1. The van der Waals surface area contributed by atoms with E-state index in [4.69, 9.17) is 9.84 Å².